The van der Waals surface area contributed by atoms with Crippen molar-refractivity contribution < 1.29 is 0 Å². The third-order valence-electron chi connectivity index (χ3n) is 2.70. The summed E-state index contributed by atoms with van der Waals surface area (Å²) in [6.07, 6.45) is 3.41. The van der Waals surface area contributed by atoms with E-state index in [9.17, 15) is 4.79 Å². The van der Waals surface area contributed by atoms with Crippen molar-refractivity contribution in [3.63, 3.8) is 0 Å². The van der Waals surface area contributed by atoms with Crippen LogP contribution in [-0.2, 0) is 5.41 Å². The molecule has 0 amide bonds. The molecule has 13 heavy (non-hydrogen) atoms. The summed E-state index contributed by atoms with van der Waals surface area (Å²) in [5.74, 6) is 0. The first kappa shape index (κ1) is 10.5. The monoisotopic (exact) mass is 199 g/mol. The van der Waals surface area contributed by atoms with Crippen molar-refractivity contribution in [2.24, 2.45) is 0 Å². The van der Waals surface area contributed by atoms with Crippen molar-refractivity contribution in [2.45, 2.75) is 45.4 Å². The van der Waals surface area contributed by atoms with Gasteiger partial charge in [0.1, 0.15) is 0 Å². The van der Waals surface area contributed by atoms with Gasteiger partial charge in [0.25, 0.3) is 5.56 Å². The number of aromatic amines is 1. The van der Waals surface area contributed by atoms with Crippen LogP contribution in [0.3, 0.4) is 0 Å². The number of hydrogen-bond donors (Lipinski definition) is 1. The van der Waals surface area contributed by atoms with E-state index in [2.05, 4.69) is 25.1 Å². The van der Waals surface area contributed by atoms with E-state index in [1.54, 1.807) is 6.07 Å². The zero-order valence-electron chi connectivity index (χ0n) is 8.52. The van der Waals surface area contributed by atoms with Crippen LogP contribution in [-0.4, -0.2) is 4.37 Å². The Bertz CT molecular complexity index is 315. The molecule has 1 atom stereocenters. The van der Waals surface area contributed by atoms with Gasteiger partial charge in [0.05, 0.1) is 0 Å². The Hall–Kier alpha value is -0.570. The molecule has 0 radical (unpaired) electrons. The van der Waals surface area contributed by atoms with Crippen molar-refractivity contribution in [1.82, 2.24) is 4.37 Å². The molecule has 0 aliphatic heterocycles. The predicted molar refractivity (Wildman–Crippen MR) is 57.5 cm³/mol. The van der Waals surface area contributed by atoms with Crippen LogP contribution in [0.15, 0.2) is 10.9 Å². The lowest BCUT2D eigenvalue weighted by Gasteiger charge is -2.25. The van der Waals surface area contributed by atoms with Gasteiger partial charge < -0.3 is 0 Å². The van der Waals surface area contributed by atoms with Crippen molar-refractivity contribution in [2.75, 3.05) is 0 Å². The van der Waals surface area contributed by atoms with E-state index in [1.807, 2.05) is 0 Å². The summed E-state index contributed by atoms with van der Waals surface area (Å²) in [6.45, 7) is 6.60. The van der Waals surface area contributed by atoms with Crippen molar-refractivity contribution >= 4 is 11.5 Å². The van der Waals surface area contributed by atoms with E-state index in [-0.39, 0.29) is 11.0 Å². The second-order valence-electron chi connectivity index (χ2n) is 3.74. The third-order valence-corrected chi connectivity index (χ3v) is 3.83. The quantitative estimate of drug-likeness (QED) is 0.794. The molecule has 3 heteroatoms. The summed E-state index contributed by atoms with van der Waals surface area (Å²) in [5, 5.41) is 0. The van der Waals surface area contributed by atoms with E-state index in [1.165, 1.54) is 16.4 Å². The molecular weight excluding hydrogens is 182 g/mol. The second kappa shape index (κ2) is 4.09. The minimum absolute atomic E-state index is 0.0378. The molecule has 0 saturated carbocycles. The summed E-state index contributed by atoms with van der Waals surface area (Å²) in [7, 11) is 0. The van der Waals surface area contributed by atoms with Gasteiger partial charge in [-0.2, -0.15) is 0 Å². The van der Waals surface area contributed by atoms with Crippen molar-refractivity contribution in [1.29, 1.82) is 0 Å². The first-order valence-electron chi connectivity index (χ1n) is 4.81. The normalized spacial score (nSPS) is 15.6. The molecule has 0 aliphatic rings. The molecule has 0 spiro atoms. The minimum atomic E-state index is 0.0378. The topological polar surface area (TPSA) is 32.9 Å². The summed E-state index contributed by atoms with van der Waals surface area (Å²) < 4.78 is 2.75. The fourth-order valence-electron chi connectivity index (χ4n) is 1.61. The average Bonchev–Trinajstić information content (AvgIpc) is 2.52. The second-order valence-corrected chi connectivity index (χ2v) is 4.59. The van der Waals surface area contributed by atoms with E-state index < -0.39 is 0 Å². The molecule has 1 heterocycles. The van der Waals surface area contributed by atoms with Gasteiger partial charge in [0.15, 0.2) is 0 Å². The number of hydrogen-bond acceptors (Lipinski definition) is 2. The SMILES string of the molecule is CCCC(C)(CC)c1cc(=O)[nH]s1. The largest absolute Gasteiger partial charge is 0.278 e. The lowest BCUT2D eigenvalue weighted by molar-refractivity contribution is 0.422. The van der Waals surface area contributed by atoms with Crippen LogP contribution in [0.2, 0.25) is 0 Å². The standard InChI is InChI=1S/C10H17NOS/c1-4-6-10(3,5-2)8-7-9(12)11-13-8/h7H,4-6H2,1-3H3,(H,11,12). The Labute approximate surface area is 83.1 Å². The molecule has 1 aromatic heterocycles. The van der Waals surface area contributed by atoms with Gasteiger partial charge in [0, 0.05) is 16.4 Å². The zero-order valence-corrected chi connectivity index (χ0v) is 9.33. The number of H-pyrrole nitrogens is 1. The highest BCUT2D eigenvalue weighted by Crippen LogP contribution is 2.33. The van der Waals surface area contributed by atoms with Gasteiger partial charge in [-0.3, -0.25) is 9.17 Å². The highest BCUT2D eigenvalue weighted by Gasteiger charge is 2.25. The van der Waals surface area contributed by atoms with Gasteiger partial charge in [0.2, 0.25) is 0 Å². The highest BCUT2D eigenvalue weighted by atomic mass is 32.1. The average molecular weight is 199 g/mol. The van der Waals surface area contributed by atoms with E-state index in [0.29, 0.717) is 0 Å². The van der Waals surface area contributed by atoms with Gasteiger partial charge >= 0.3 is 0 Å². The van der Waals surface area contributed by atoms with Crippen LogP contribution in [0.25, 0.3) is 0 Å². The van der Waals surface area contributed by atoms with Gasteiger partial charge in [-0.05, 0) is 12.8 Å². The molecule has 1 N–H and O–H groups in total. The van der Waals surface area contributed by atoms with Crippen LogP contribution in [0.4, 0.5) is 0 Å². The Morgan fingerprint density at radius 2 is 2.23 bits per heavy atom. The van der Waals surface area contributed by atoms with Crippen molar-refractivity contribution in [3.8, 4) is 0 Å². The molecule has 1 aromatic rings. The van der Waals surface area contributed by atoms with E-state index in [4.69, 9.17) is 0 Å². The Kier molecular flexibility index (Phi) is 3.31. The zero-order chi connectivity index (χ0) is 9.90. The fraction of sp³-hybridized carbons (Fsp3) is 0.700. The maximum atomic E-state index is 11.0. The van der Waals surface area contributed by atoms with Crippen LogP contribution >= 0.6 is 11.5 Å². The number of nitrogens with one attached hydrogen (secondary N) is 1. The highest BCUT2D eigenvalue weighted by molar-refractivity contribution is 7.05. The van der Waals surface area contributed by atoms with Crippen LogP contribution in [0, 0.1) is 0 Å². The summed E-state index contributed by atoms with van der Waals surface area (Å²) in [6, 6.07) is 1.74. The maximum absolute atomic E-state index is 11.0. The predicted octanol–water partition coefficient (Wildman–Crippen LogP) is 2.90. The van der Waals surface area contributed by atoms with Gasteiger partial charge in [-0.25, -0.2) is 0 Å². The molecular formula is C10H17NOS. The first-order chi connectivity index (χ1) is 6.12. The molecule has 74 valence electrons. The Morgan fingerprint density at radius 3 is 2.62 bits per heavy atom. The molecule has 0 aliphatic carbocycles. The number of rotatable bonds is 4. The lowest BCUT2D eigenvalue weighted by atomic mass is 9.81. The molecule has 0 saturated heterocycles. The van der Waals surface area contributed by atoms with E-state index >= 15 is 0 Å². The van der Waals surface area contributed by atoms with E-state index in [0.717, 1.165) is 19.3 Å². The first-order valence-corrected chi connectivity index (χ1v) is 5.63. The van der Waals surface area contributed by atoms with Crippen LogP contribution in [0.1, 0.15) is 44.9 Å². The Morgan fingerprint density at radius 1 is 1.54 bits per heavy atom. The van der Waals surface area contributed by atoms with Crippen LogP contribution < -0.4 is 5.56 Å². The summed E-state index contributed by atoms with van der Waals surface area (Å²) >= 11 is 1.48. The minimum Gasteiger partial charge on any atom is -0.278 e. The molecule has 2 nitrogen and oxygen atoms in total. The van der Waals surface area contributed by atoms with Crippen molar-refractivity contribution in [3.05, 3.63) is 21.3 Å². The van der Waals surface area contributed by atoms with Gasteiger partial charge in [-0.1, -0.05) is 38.7 Å². The maximum Gasteiger partial charge on any atom is 0.258 e. The smallest absolute Gasteiger partial charge is 0.258 e. The third kappa shape index (κ3) is 2.21. The Balaban J connectivity index is 2.94. The number of aromatic nitrogens is 1. The summed E-state index contributed by atoms with van der Waals surface area (Å²) in [5.41, 5.74) is 0.231. The molecule has 1 unspecified atom stereocenters. The van der Waals surface area contributed by atoms with Gasteiger partial charge in [-0.15, -0.1) is 0 Å². The molecule has 0 bridgehead atoms. The molecule has 0 aromatic carbocycles. The lowest BCUT2D eigenvalue weighted by Crippen LogP contribution is -2.19. The fourth-order valence-corrected chi connectivity index (χ4v) is 2.53. The summed E-state index contributed by atoms with van der Waals surface area (Å²) in [4.78, 5) is 12.2. The molecule has 1 rings (SSSR count). The van der Waals surface area contributed by atoms with Crippen LogP contribution in [0.5, 0.6) is 0 Å². The molecule has 0 fully saturated rings.